The molecule has 0 aliphatic carbocycles. The van der Waals surface area contributed by atoms with Gasteiger partial charge in [-0.15, -0.1) is 17.5 Å². The molecule has 11 heteroatoms. The molecule has 1 amide bonds. The molecule has 27 heavy (non-hydrogen) atoms. The van der Waals surface area contributed by atoms with E-state index >= 15 is 0 Å². The van der Waals surface area contributed by atoms with Crippen molar-refractivity contribution in [2.75, 3.05) is 19.6 Å². The van der Waals surface area contributed by atoms with Crippen molar-refractivity contribution in [1.29, 1.82) is 0 Å². The average molecular weight is 407 g/mol. The van der Waals surface area contributed by atoms with E-state index < -0.39 is 12.0 Å². The van der Waals surface area contributed by atoms with Gasteiger partial charge in [0.25, 0.3) is 11.6 Å². The topological polar surface area (TPSA) is 75.4 Å². The molecule has 0 saturated carbocycles. The van der Waals surface area contributed by atoms with E-state index in [0.29, 0.717) is 30.9 Å². The van der Waals surface area contributed by atoms with E-state index in [2.05, 4.69) is 20.4 Å². The molecule has 2 aromatic heterocycles. The Morgan fingerprint density at radius 2 is 2.00 bits per heavy atom. The van der Waals surface area contributed by atoms with Crippen LogP contribution in [0.4, 0.5) is 13.2 Å². The fourth-order valence-corrected chi connectivity index (χ4v) is 3.24. The van der Waals surface area contributed by atoms with Crippen molar-refractivity contribution in [2.24, 2.45) is 0 Å². The molecule has 1 unspecified atom stereocenters. The highest BCUT2D eigenvalue weighted by molar-refractivity contribution is 5.85. The molecule has 0 bridgehead atoms. The summed E-state index contributed by atoms with van der Waals surface area (Å²) in [4.78, 5) is 21.8. The van der Waals surface area contributed by atoms with Gasteiger partial charge in [0.05, 0.1) is 0 Å². The van der Waals surface area contributed by atoms with Crippen LogP contribution in [0.5, 0.6) is 0 Å². The van der Waals surface area contributed by atoms with Crippen LogP contribution in [0.15, 0.2) is 0 Å². The maximum absolute atomic E-state index is 12.8. The standard InChI is InChI=1S/C16H21F3N6O.ClH/c1-9-8-24(7-6-20-9)13(26)5-4-12-10(2)21-15-22-14(16(17,18)19)23-25(15)11(12)3;/h9,20H,4-8H2,1-3H3;1H. The highest BCUT2D eigenvalue weighted by Gasteiger charge is 2.37. The Morgan fingerprint density at radius 1 is 1.30 bits per heavy atom. The predicted molar refractivity (Wildman–Crippen MR) is 94.9 cm³/mol. The van der Waals surface area contributed by atoms with Gasteiger partial charge in [-0.25, -0.2) is 9.50 Å². The second-order valence-corrected chi connectivity index (χ2v) is 6.60. The molecule has 3 rings (SSSR count). The van der Waals surface area contributed by atoms with Gasteiger partial charge in [0.15, 0.2) is 0 Å². The Labute approximate surface area is 160 Å². The van der Waals surface area contributed by atoms with E-state index in [4.69, 9.17) is 0 Å². The molecule has 1 saturated heterocycles. The SMILES string of the molecule is Cc1nc2nc(C(F)(F)F)nn2c(C)c1CCC(=O)N1CCNC(C)C1.Cl. The van der Waals surface area contributed by atoms with Gasteiger partial charge in [-0.2, -0.15) is 18.2 Å². The third-order valence-corrected chi connectivity index (χ3v) is 4.61. The molecule has 0 spiro atoms. The van der Waals surface area contributed by atoms with Crippen molar-refractivity contribution >= 4 is 24.1 Å². The summed E-state index contributed by atoms with van der Waals surface area (Å²) in [5.74, 6) is -1.26. The number of alkyl halides is 3. The molecule has 1 N–H and O–H groups in total. The highest BCUT2D eigenvalue weighted by atomic mass is 35.5. The van der Waals surface area contributed by atoms with Crippen LogP contribution in [-0.2, 0) is 17.4 Å². The minimum Gasteiger partial charge on any atom is -0.340 e. The van der Waals surface area contributed by atoms with E-state index in [9.17, 15) is 18.0 Å². The van der Waals surface area contributed by atoms with Crippen LogP contribution in [0.1, 0.15) is 36.1 Å². The molecule has 0 aromatic carbocycles. The second kappa shape index (κ2) is 7.97. The number of amides is 1. The summed E-state index contributed by atoms with van der Waals surface area (Å²) in [5.41, 5.74) is 1.82. The first kappa shape index (κ1) is 21.4. The lowest BCUT2D eigenvalue weighted by atomic mass is 10.1. The first-order chi connectivity index (χ1) is 12.2. The number of carbonyl (C=O) groups excluding carboxylic acids is 1. The van der Waals surface area contributed by atoms with Crippen LogP contribution in [0, 0.1) is 13.8 Å². The van der Waals surface area contributed by atoms with Crippen LogP contribution in [0.25, 0.3) is 5.78 Å². The smallest absolute Gasteiger partial charge is 0.340 e. The van der Waals surface area contributed by atoms with Crippen molar-refractivity contribution in [2.45, 2.75) is 45.8 Å². The van der Waals surface area contributed by atoms with Gasteiger partial charge >= 0.3 is 6.18 Å². The Kier molecular flexibility index (Phi) is 6.31. The first-order valence-electron chi connectivity index (χ1n) is 8.48. The van der Waals surface area contributed by atoms with Crippen molar-refractivity contribution in [3.05, 3.63) is 22.8 Å². The Balaban J connectivity index is 0.00000261. The van der Waals surface area contributed by atoms with Crippen LogP contribution in [0.3, 0.4) is 0 Å². The summed E-state index contributed by atoms with van der Waals surface area (Å²) in [5, 5.41) is 6.81. The van der Waals surface area contributed by atoms with Gasteiger partial charge in [-0.05, 0) is 32.8 Å². The minimum atomic E-state index is -4.62. The third-order valence-electron chi connectivity index (χ3n) is 4.61. The van der Waals surface area contributed by atoms with Gasteiger partial charge < -0.3 is 10.2 Å². The Hall–Kier alpha value is -1.94. The minimum absolute atomic E-state index is 0. The summed E-state index contributed by atoms with van der Waals surface area (Å²) in [6, 6.07) is 0.255. The van der Waals surface area contributed by atoms with Crippen molar-refractivity contribution in [3.8, 4) is 0 Å². The average Bonchev–Trinajstić information content (AvgIpc) is 2.99. The zero-order chi connectivity index (χ0) is 19.1. The molecule has 150 valence electrons. The van der Waals surface area contributed by atoms with E-state index in [1.807, 2.05) is 11.8 Å². The van der Waals surface area contributed by atoms with Crippen LogP contribution in [-0.4, -0.2) is 56.1 Å². The molecule has 2 aromatic rings. The monoisotopic (exact) mass is 406 g/mol. The number of aryl methyl sites for hydroxylation is 2. The first-order valence-corrected chi connectivity index (χ1v) is 8.48. The maximum atomic E-state index is 12.8. The number of nitrogens with zero attached hydrogens (tertiary/aromatic N) is 5. The Bertz CT molecular complexity index is 838. The molecular formula is C16H22ClF3N6O. The number of fused-ring (bicyclic) bond motifs is 1. The molecule has 1 aliphatic rings. The van der Waals surface area contributed by atoms with E-state index in [1.54, 1.807) is 13.8 Å². The molecule has 1 fully saturated rings. The fourth-order valence-electron chi connectivity index (χ4n) is 3.24. The lowest BCUT2D eigenvalue weighted by Gasteiger charge is -2.32. The molecule has 0 radical (unpaired) electrons. The summed E-state index contributed by atoms with van der Waals surface area (Å²) < 4.78 is 39.6. The zero-order valence-corrected chi connectivity index (χ0v) is 16.1. The molecular weight excluding hydrogens is 385 g/mol. The number of rotatable bonds is 3. The lowest BCUT2D eigenvalue weighted by Crippen LogP contribution is -2.51. The summed E-state index contributed by atoms with van der Waals surface area (Å²) >= 11 is 0. The van der Waals surface area contributed by atoms with Gasteiger partial charge in [-0.1, -0.05) is 0 Å². The Morgan fingerprint density at radius 3 is 2.63 bits per heavy atom. The lowest BCUT2D eigenvalue weighted by molar-refractivity contribution is -0.144. The second-order valence-electron chi connectivity index (χ2n) is 6.60. The number of aromatic nitrogens is 4. The summed E-state index contributed by atoms with van der Waals surface area (Å²) in [6.45, 7) is 7.49. The molecule has 1 atom stereocenters. The number of hydrogen-bond acceptors (Lipinski definition) is 5. The zero-order valence-electron chi connectivity index (χ0n) is 15.3. The number of carbonyl (C=O) groups is 1. The van der Waals surface area contributed by atoms with Crippen molar-refractivity contribution in [1.82, 2.24) is 29.8 Å². The fraction of sp³-hybridized carbons (Fsp3) is 0.625. The van der Waals surface area contributed by atoms with E-state index in [1.165, 1.54) is 0 Å². The third kappa shape index (κ3) is 4.49. The molecule has 3 heterocycles. The van der Waals surface area contributed by atoms with Crippen LogP contribution < -0.4 is 5.32 Å². The van der Waals surface area contributed by atoms with Crippen LogP contribution >= 0.6 is 12.4 Å². The van der Waals surface area contributed by atoms with Crippen molar-refractivity contribution in [3.63, 3.8) is 0 Å². The molecule has 1 aliphatic heterocycles. The number of halogens is 4. The van der Waals surface area contributed by atoms with Crippen molar-refractivity contribution < 1.29 is 18.0 Å². The summed E-state index contributed by atoms with van der Waals surface area (Å²) in [7, 11) is 0. The summed E-state index contributed by atoms with van der Waals surface area (Å²) in [6.07, 6.45) is -3.94. The number of hydrogen-bond donors (Lipinski definition) is 1. The normalized spacial score (nSPS) is 17.9. The van der Waals surface area contributed by atoms with Gasteiger partial charge in [0, 0.05) is 43.5 Å². The predicted octanol–water partition coefficient (Wildman–Crippen LogP) is 1.93. The largest absolute Gasteiger partial charge is 0.453 e. The van der Waals surface area contributed by atoms with Gasteiger partial charge in [0.2, 0.25) is 5.91 Å². The van der Waals surface area contributed by atoms with Gasteiger partial charge in [-0.3, -0.25) is 4.79 Å². The maximum Gasteiger partial charge on any atom is 0.453 e. The van der Waals surface area contributed by atoms with Crippen LogP contribution in [0.2, 0.25) is 0 Å². The number of nitrogens with one attached hydrogen (secondary N) is 1. The number of piperazine rings is 1. The van der Waals surface area contributed by atoms with E-state index in [-0.39, 0.29) is 36.6 Å². The highest BCUT2D eigenvalue weighted by Crippen LogP contribution is 2.27. The quantitative estimate of drug-likeness (QED) is 0.843. The molecule has 7 nitrogen and oxygen atoms in total. The van der Waals surface area contributed by atoms with Gasteiger partial charge in [0.1, 0.15) is 0 Å². The van der Waals surface area contributed by atoms with E-state index in [0.717, 1.165) is 16.6 Å².